The lowest BCUT2D eigenvalue weighted by molar-refractivity contribution is -0.154. The number of hydrogen-bond donors (Lipinski definition) is 1. The minimum Gasteiger partial charge on any atom is -0.340 e. The molecule has 0 aromatic carbocycles. The lowest BCUT2D eigenvalue weighted by Crippen LogP contribution is -2.68. The summed E-state index contributed by atoms with van der Waals surface area (Å²) >= 11 is 1.72. The quantitative estimate of drug-likeness (QED) is 0.913. The molecule has 5 heteroatoms. The van der Waals surface area contributed by atoms with Crippen LogP contribution in [0.15, 0.2) is 6.07 Å². The number of rotatable bonds is 2. The van der Waals surface area contributed by atoms with Gasteiger partial charge in [0, 0.05) is 9.75 Å². The van der Waals surface area contributed by atoms with Gasteiger partial charge in [0.1, 0.15) is 11.6 Å². The average Bonchev–Trinajstić information content (AvgIpc) is 3.02. The van der Waals surface area contributed by atoms with Crippen LogP contribution in [0.1, 0.15) is 47.9 Å². The van der Waals surface area contributed by atoms with E-state index in [-0.39, 0.29) is 17.9 Å². The molecule has 1 N–H and O–H groups in total. The van der Waals surface area contributed by atoms with Crippen molar-refractivity contribution in [2.75, 3.05) is 0 Å². The number of carbonyl (C=O) groups excluding carboxylic acids is 2. The third-order valence-electron chi connectivity index (χ3n) is 4.88. The maximum atomic E-state index is 12.9. The fourth-order valence-electron chi connectivity index (χ4n) is 3.41. The Balaban J connectivity index is 1.87. The lowest BCUT2D eigenvalue weighted by Gasteiger charge is -2.43. The Morgan fingerprint density at radius 2 is 2.00 bits per heavy atom. The van der Waals surface area contributed by atoms with Crippen molar-refractivity contribution in [1.82, 2.24) is 10.2 Å². The van der Waals surface area contributed by atoms with Gasteiger partial charge in [0.05, 0.1) is 6.54 Å². The van der Waals surface area contributed by atoms with E-state index in [1.54, 1.807) is 16.2 Å². The van der Waals surface area contributed by atoms with Crippen molar-refractivity contribution in [2.45, 2.75) is 64.6 Å². The first kappa shape index (κ1) is 14.6. The van der Waals surface area contributed by atoms with Crippen LogP contribution in [0, 0.1) is 13.8 Å². The van der Waals surface area contributed by atoms with Gasteiger partial charge in [-0.25, -0.2) is 0 Å². The molecule has 114 valence electrons. The highest BCUT2D eigenvalue weighted by Crippen LogP contribution is 2.35. The van der Waals surface area contributed by atoms with Gasteiger partial charge in [-0.05, 0) is 45.2 Å². The molecule has 2 heterocycles. The van der Waals surface area contributed by atoms with E-state index >= 15 is 0 Å². The Kier molecular flexibility index (Phi) is 3.56. The van der Waals surface area contributed by atoms with E-state index in [0.29, 0.717) is 6.54 Å². The van der Waals surface area contributed by atoms with E-state index in [2.05, 4.69) is 25.2 Å². The number of nitrogens with one attached hydrogen (secondary N) is 1. The van der Waals surface area contributed by atoms with Gasteiger partial charge in [-0.15, -0.1) is 11.3 Å². The van der Waals surface area contributed by atoms with Gasteiger partial charge in [0.25, 0.3) is 0 Å². The molecule has 2 fully saturated rings. The first-order valence-corrected chi connectivity index (χ1v) is 8.44. The summed E-state index contributed by atoms with van der Waals surface area (Å²) in [6.07, 6.45) is 3.60. The molecule has 0 radical (unpaired) electrons. The van der Waals surface area contributed by atoms with Crippen molar-refractivity contribution < 1.29 is 9.59 Å². The molecular weight excluding hydrogens is 284 g/mol. The van der Waals surface area contributed by atoms with E-state index in [9.17, 15) is 9.59 Å². The van der Waals surface area contributed by atoms with Crippen molar-refractivity contribution in [3.05, 3.63) is 21.4 Å². The molecule has 1 spiro atoms. The summed E-state index contributed by atoms with van der Waals surface area (Å²) in [4.78, 5) is 29.4. The highest BCUT2D eigenvalue weighted by atomic mass is 32.1. The summed E-state index contributed by atoms with van der Waals surface area (Å²) in [7, 11) is 0. The molecule has 1 saturated carbocycles. The molecule has 1 saturated heterocycles. The van der Waals surface area contributed by atoms with Crippen LogP contribution in [0.25, 0.3) is 0 Å². The van der Waals surface area contributed by atoms with Crippen LogP contribution in [-0.4, -0.2) is 28.3 Å². The van der Waals surface area contributed by atoms with Crippen molar-refractivity contribution in [2.24, 2.45) is 0 Å². The maximum Gasteiger partial charge on any atom is 0.249 e. The Bertz CT molecular complexity index is 568. The van der Waals surface area contributed by atoms with Crippen molar-refractivity contribution in [3.63, 3.8) is 0 Å². The predicted octanol–water partition coefficient (Wildman–Crippen LogP) is 2.52. The van der Waals surface area contributed by atoms with Gasteiger partial charge in [-0.1, -0.05) is 12.8 Å². The van der Waals surface area contributed by atoms with Crippen molar-refractivity contribution in [3.8, 4) is 0 Å². The number of thiophene rings is 1. The van der Waals surface area contributed by atoms with Crippen LogP contribution in [0.2, 0.25) is 0 Å². The first-order chi connectivity index (χ1) is 9.93. The Hall–Kier alpha value is -1.36. The van der Waals surface area contributed by atoms with Gasteiger partial charge in [0.15, 0.2) is 0 Å². The summed E-state index contributed by atoms with van der Waals surface area (Å²) in [6, 6.07) is 1.75. The highest BCUT2D eigenvalue weighted by Gasteiger charge is 2.50. The van der Waals surface area contributed by atoms with Crippen LogP contribution in [0.3, 0.4) is 0 Å². The van der Waals surface area contributed by atoms with Gasteiger partial charge < -0.3 is 10.2 Å². The van der Waals surface area contributed by atoms with Crippen molar-refractivity contribution in [1.29, 1.82) is 0 Å². The zero-order chi connectivity index (χ0) is 15.2. The minimum absolute atomic E-state index is 0.0125. The number of piperazine rings is 1. The van der Waals surface area contributed by atoms with Crippen LogP contribution in [0.4, 0.5) is 0 Å². The molecule has 1 atom stereocenters. The fourth-order valence-corrected chi connectivity index (χ4v) is 4.46. The molecule has 1 aromatic rings. The van der Waals surface area contributed by atoms with Crippen LogP contribution in [0.5, 0.6) is 0 Å². The Labute approximate surface area is 129 Å². The van der Waals surface area contributed by atoms with E-state index < -0.39 is 5.54 Å². The summed E-state index contributed by atoms with van der Waals surface area (Å²) in [5.41, 5.74) is 0.637. The predicted molar refractivity (Wildman–Crippen MR) is 83.1 cm³/mol. The SMILES string of the molecule is Cc1cc(CN2C(=O)C3(CCCC3)NC(=O)C2C)sc1C. The summed E-state index contributed by atoms with van der Waals surface area (Å²) in [5, 5.41) is 3.00. The number of nitrogens with zero attached hydrogens (tertiary/aromatic N) is 1. The average molecular weight is 306 g/mol. The molecule has 1 aromatic heterocycles. The largest absolute Gasteiger partial charge is 0.340 e. The smallest absolute Gasteiger partial charge is 0.249 e. The molecular formula is C16H22N2O2S. The van der Waals surface area contributed by atoms with Crippen LogP contribution < -0.4 is 5.32 Å². The number of aryl methyl sites for hydroxylation is 2. The zero-order valence-electron chi connectivity index (χ0n) is 12.9. The van der Waals surface area contributed by atoms with E-state index in [0.717, 1.165) is 30.6 Å². The second-order valence-corrected chi connectivity index (χ2v) is 7.68. The second kappa shape index (κ2) is 5.13. The van der Waals surface area contributed by atoms with Gasteiger partial charge in [0.2, 0.25) is 11.8 Å². The van der Waals surface area contributed by atoms with Gasteiger partial charge in [-0.2, -0.15) is 0 Å². The lowest BCUT2D eigenvalue weighted by atomic mass is 9.91. The first-order valence-electron chi connectivity index (χ1n) is 7.62. The minimum atomic E-state index is -0.620. The van der Waals surface area contributed by atoms with Gasteiger partial charge >= 0.3 is 0 Å². The summed E-state index contributed by atoms with van der Waals surface area (Å²) in [6.45, 7) is 6.55. The Morgan fingerprint density at radius 1 is 1.33 bits per heavy atom. The summed E-state index contributed by atoms with van der Waals surface area (Å²) < 4.78 is 0. The molecule has 0 bridgehead atoms. The molecule has 3 rings (SSSR count). The molecule has 1 aliphatic carbocycles. The zero-order valence-corrected chi connectivity index (χ0v) is 13.7. The number of hydrogen-bond acceptors (Lipinski definition) is 3. The molecule has 1 unspecified atom stereocenters. The summed E-state index contributed by atoms with van der Waals surface area (Å²) in [5.74, 6) is 0.0947. The third-order valence-corrected chi connectivity index (χ3v) is 6.02. The standard InChI is InChI=1S/C16H22N2O2S/c1-10-8-13(21-12(10)3)9-18-11(2)14(19)17-16(15(18)20)6-4-5-7-16/h8,11H,4-7,9H2,1-3H3,(H,17,19). The number of amides is 2. The van der Waals surface area contributed by atoms with Crippen LogP contribution >= 0.6 is 11.3 Å². The number of carbonyl (C=O) groups is 2. The normalized spacial score (nSPS) is 24.7. The monoisotopic (exact) mass is 306 g/mol. The van der Waals surface area contributed by atoms with E-state index in [1.807, 2.05) is 6.92 Å². The second-order valence-electron chi connectivity index (χ2n) is 6.34. The van der Waals surface area contributed by atoms with E-state index in [4.69, 9.17) is 0 Å². The van der Waals surface area contributed by atoms with Gasteiger partial charge in [-0.3, -0.25) is 9.59 Å². The topological polar surface area (TPSA) is 49.4 Å². The highest BCUT2D eigenvalue weighted by molar-refractivity contribution is 7.12. The Morgan fingerprint density at radius 3 is 2.57 bits per heavy atom. The third kappa shape index (κ3) is 2.37. The van der Waals surface area contributed by atoms with Crippen LogP contribution in [-0.2, 0) is 16.1 Å². The molecule has 21 heavy (non-hydrogen) atoms. The maximum absolute atomic E-state index is 12.9. The molecule has 4 nitrogen and oxygen atoms in total. The molecule has 1 aliphatic heterocycles. The molecule has 2 amide bonds. The van der Waals surface area contributed by atoms with Crippen molar-refractivity contribution >= 4 is 23.2 Å². The molecule has 2 aliphatic rings. The van der Waals surface area contributed by atoms with E-state index in [1.165, 1.54) is 10.4 Å². The fraction of sp³-hybridized carbons (Fsp3) is 0.625.